The second-order valence-electron chi connectivity index (χ2n) is 7.81. The van der Waals surface area contributed by atoms with Gasteiger partial charge >= 0.3 is 0 Å². The average Bonchev–Trinajstić information content (AvgIpc) is 3.11. The number of β-amino-alcohol motifs (C(OH)–C–C–N with tert-alkyl or cyclic N) is 1. The van der Waals surface area contributed by atoms with Gasteiger partial charge in [-0.3, -0.25) is 5.41 Å². The van der Waals surface area contributed by atoms with Gasteiger partial charge in [-0.05, 0) is 39.2 Å². The zero-order chi connectivity index (χ0) is 21.8. The standard InChI is InChI=1S/C21H30N6O3/c1-13(11-29-4)30-14-5-6-16(22)15(7-14)21(23)17-8-20(25-12-24-17)27-9-18(26(2)3)19(28)10-27/h5-8,12-13,18-19,23,28H,9-11,22H2,1-4H3/p+1/t13-,18-,19-/m0/s1. The molecule has 1 saturated heterocycles. The van der Waals surface area contributed by atoms with Crippen LogP contribution < -0.4 is 20.8 Å². The van der Waals surface area contributed by atoms with E-state index in [1.807, 2.05) is 36.9 Å². The highest BCUT2D eigenvalue weighted by molar-refractivity contribution is 6.11. The molecule has 1 aliphatic heterocycles. The van der Waals surface area contributed by atoms with Crippen molar-refractivity contribution in [2.24, 2.45) is 0 Å². The minimum atomic E-state index is -0.446. The van der Waals surface area contributed by atoms with E-state index in [0.717, 1.165) is 0 Å². The molecule has 9 heteroatoms. The number of methoxy groups -OCH3 is 1. The van der Waals surface area contributed by atoms with Crippen LogP contribution in [0.1, 0.15) is 18.2 Å². The van der Waals surface area contributed by atoms with Crippen molar-refractivity contribution in [2.45, 2.75) is 25.2 Å². The lowest BCUT2D eigenvalue weighted by Gasteiger charge is -2.21. The summed E-state index contributed by atoms with van der Waals surface area (Å²) < 4.78 is 11.0. The minimum Gasteiger partial charge on any atom is -0.488 e. The van der Waals surface area contributed by atoms with E-state index >= 15 is 0 Å². The average molecular weight is 416 g/mol. The largest absolute Gasteiger partial charge is 0.488 e. The second kappa shape index (κ2) is 9.38. The van der Waals surface area contributed by atoms with Crippen LogP contribution in [0.2, 0.25) is 0 Å². The number of rotatable bonds is 8. The van der Waals surface area contributed by atoms with Crippen LogP contribution in [-0.2, 0) is 4.74 Å². The Bertz CT molecular complexity index is 891. The highest BCUT2D eigenvalue weighted by atomic mass is 16.5. The maximum absolute atomic E-state index is 10.3. The van der Waals surface area contributed by atoms with Crippen LogP contribution in [0.25, 0.3) is 0 Å². The molecule has 0 saturated carbocycles. The predicted molar refractivity (Wildman–Crippen MR) is 116 cm³/mol. The van der Waals surface area contributed by atoms with Gasteiger partial charge in [-0.15, -0.1) is 0 Å². The van der Waals surface area contributed by atoms with Crippen LogP contribution in [0, 0.1) is 0 Å². The lowest BCUT2D eigenvalue weighted by atomic mass is 10.0. The molecular formula is C21H31N6O3+. The van der Waals surface area contributed by atoms with E-state index in [-0.39, 0.29) is 12.1 Å². The number of hydrogen-bond acceptors (Lipinski definition) is 8. The fourth-order valence-electron chi connectivity index (χ4n) is 3.61. The van der Waals surface area contributed by atoms with Crippen LogP contribution in [-0.4, -0.2) is 84.8 Å². The van der Waals surface area contributed by atoms with Gasteiger partial charge in [-0.2, -0.15) is 0 Å². The molecule has 3 atom stereocenters. The third-order valence-electron chi connectivity index (χ3n) is 5.23. The molecule has 2 aromatic rings. The lowest BCUT2D eigenvalue weighted by Crippen LogP contribution is -2.42. The summed E-state index contributed by atoms with van der Waals surface area (Å²) >= 11 is 0. The molecule has 3 rings (SSSR count). The van der Waals surface area contributed by atoms with Crippen molar-refractivity contribution in [3.63, 3.8) is 0 Å². The molecule has 162 valence electrons. The molecule has 0 spiro atoms. The van der Waals surface area contributed by atoms with Gasteiger partial charge < -0.3 is 30.1 Å². The summed E-state index contributed by atoms with van der Waals surface area (Å²) in [6.07, 6.45) is 0.923. The van der Waals surface area contributed by atoms with Crippen molar-refractivity contribution >= 4 is 17.2 Å². The number of nitrogen functional groups attached to an aromatic ring is 1. The van der Waals surface area contributed by atoms with E-state index in [1.54, 1.807) is 25.3 Å². The first-order valence-corrected chi connectivity index (χ1v) is 9.90. The van der Waals surface area contributed by atoms with E-state index < -0.39 is 6.10 Å². The fourth-order valence-corrected chi connectivity index (χ4v) is 3.61. The number of aliphatic hydroxyl groups is 1. The van der Waals surface area contributed by atoms with Gasteiger partial charge in [0.25, 0.3) is 0 Å². The summed E-state index contributed by atoms with van der Waals surface area (Å²) in [5.74, 6) is 1.36. The highest BCUT2D eigenvalue weighted by Crippen LogP contribution is 2.24. The number of hydrogen-bond donors (Lipinski definition) is 3. The van der Waals surface area contributed by atoms with Gasteiger partial charge in [0.2, 0.25) is 5.71 Å². The molecule has 0 aliphatic carbocycles. The van der Waals surface area contributed by atoms with Crippen molar-refractivity contribution in [1.29, 1.82) is 0 Å². The van der Waals surface area contributed by atoms with E-state index in [4.69, 9.17) is 20.6 Å². The van der Waals surface area contributed by atoms with E-state index in [1.165, 1.54) is 6.33 Å². The van der Waals surface area contributed by atoms with Crippen LogP contribution in [0.15, 0.2) is 30.6 Å². The van der Waals surface area contributed by atoms with E-state index in [0.29, 0.717) is 53.9 Å². The Balaban J connectivity index is 1.82. The zero-order valence-electron chi connectivity index (χ0n) is 17.9. The van der Waals surface area contributed by atoms with Crippen LogP contribution in [0.5, 0.6) is 5.75 Å². The first-order valence-electron chi connectivity index (χ1n) is 9.90. The van der Waals surface area contributed by atoms with Gasteiger partial charge in [0.15, 0.2) is 0 Å². The Hall–Kier alpha value is -2.75. The molecule has 1 aliphatic rings. The van der Waals surface area contributed by atoms with Crippen molar-refractivity contribution in [3.8, 4) is 5.75 Å². The number of benzene rings is 1. The first-order chi connectivity index (χ1) is 14.3. The third-order valence-corrected chi connectivity index (χ3v) is 5.23. The Morgan fingerprint density at radius 3 is 2.77 bits per heavy atom. The molecule has 9 nitrogen and oxygen atoms in total. The molecule has 0 bridgehead atoms. The number of nitrogens with zero attached hydrogens (tertiary/aromatic N) is 4. The molecule has 1 aromatic heterocycles. The molecule has 1 fully saturated rings. The first kappa shape index (κ1) is 21.9. The number of aromatic nitrogens is 2. The monoisotopic (exact) mass is 415 g/mol. The summed E-state index contributed by atoms with van der Waals surface area (Å²) in [4.78, 5) is 12.8. The fraction of sp³-hybridized carbons (Fsp3) is 0.476. The minimum absolute atomic E-state index is 0.0447. The van der Waals surface area contributed by atoms with Crippen molar-refractivity contribution < 1.29 is 20.0 Å². The van der Waals surface area contributed by atoms with Crippen molar-refractivity contribution in [1.82, 2.24) is 14.9 Å². The molecular weight excluding hydrogens is 384 g/mol. The van der Waals surface area contributed by atoms with Gasteiger partial charge in [0.05, 0.1) is 24.3 Å². The molecule has 0 unspecified atom stereocenters. The van der Waals surface area contributed by atoms with Crippen LogP contribution in [0.3, 0.4) is 0 Å². The maximum Gasteiger partial charge on any atom is 0.232 e. The molecule has 0 amide bonds. The maximum atomic E-state index is 10.3. The number of likely N-dealkylation sites (N-methyl/N-ethyl adjacent to an activating group) is 1. The Morgan fingerprint density at radius 2 is 2.10 bits per heavy atom. The Kier molecular flexibility index (Phi) is 6.86. The molecule has 5 N–H and O–H groups in total. The normalized spacial score (nSPS) is 19.9. The second-order valence-corrected chi connectivity index (χ2v) is 7.81. The summed E-state index contributed by atoms with van der Waals surface area (Å²) in [7, 11) is 5.55. The zero-order valence-corrected chi connectivity index (χ0v) is 17.9. The smallest absolute Gasteiger partial charge is 0.232 e. The van der Waals surface area contributed by atoms with Crippen molar-refractivity contribution in [3.05, 3.63) is 41.9 Å². The molecule has 0 radical (unpaired) electrons. The Morgan fingerprint density at radius 1 is 1.33 bits per heavy atom. The summed E-state index contributed by atoms with van der Waals surface area (Å²) in [5.41, 5.74) is 8.35. The predicted octanol–water partition coefficient (Wildman–Crippen LogP) is -0.820. The third kappa shape index (κ3) is 4.86. The van der Waals surface area contributed by atoms with Crippen LogP contribution >= 0.6 is 0 Å². The molecule has 2 heterocycles. The van der Waals surface area contributed by atoms with E-state index in [9.17, 15) is 5.11 Å². The summed E-state index contributed by atoms with van der Waals surface area (Å²) in [6, 6.07) is 7.23. The lowest BCUT2D eigenvalue weighted by molar-refractivity contribution is -0.111. The molecule has 1 aromatic carbocycles. The SMILES string of the molecule is COC[C@H](C)Oc1ccc(N)c(C(=[NH2+])c2cc(N3C[C@H](O)[C@@H](N(C)C)C3)ncn2)c1. The topological polar surface area (TPSA) is 123 Å². The van der Waals surface area contributed by atoms with Crippen molar-refractivity contribution in [2.75, 3.05) is 51.5 Å². The quantitative estimate of drug-likeness (QED) is 0.378. The number of aliphatic hydroxyl groups excluding tert-OH is 1. The number of nitrogens with two attached hydrogens (primary N) is 2. The highest BCUT2D eigenvalue weighted by Gasteiger charge is 2.33. The van der Waals surface area contributed by atoms with Crippen LogP contribution in [0.4, 0.5) is 11.5 Å². The summed E-state index contributed by atoms with van der Waals surface area (Å²) in [5, 5.41) is 16.8. The summed E-state index contributed by atoms with van der Waals surface area (Å²) in [6.45, 7) is 3.58. The Labute approximate surface area is 177 Å². The van der Waals surface area contributed by atoms with Gasteiger partial charge in [-0.25, -0.2) is 9.97 Å². The van der Waals surface area contributed by atoms with Gasteiger partial charge in [-0.1, -0.05) is 0 Å². The molecule has 30 heavy (non-hydrogen) atoms. The van der Waals surface area contributed by atoms with Gasteiger partial charge in [0, 0.05) is 32.0 Å². The number of ether oxygens (including phenoxy) is 2. The number of anilines is 2. The van der Waals surface area contributed by atoms with Gasteiger partial charge in [0.1, 0.15) is 29.7 Å². The van der Waals surface area contributed by atoms with E-state index in [2.05, 4.69) is 9.97 Å².